The number of carbonyl (C=O) groups is 1. The van der Waals surface area contributed by atoms with Crippen molar-refractivity contribution in [3.8, 4) is 0 Å². The summed E-state index contributed by atoms with van der Waals surface area (Å²) in [4.78, 5) is 11.8. The Labute approximate surface area is 115 Å². The molecule has 1 aromatic rings. The van der Waals surface area contributed by atoms with E-state index in [1.54, 1.807) is 0 Å². The Morgan fingerprint density at radius 3 is 2.56 bits per heavy atom. The maximum atomic E-state index is 11.8. The van der Waals surface area contributed by atoms with E-state index in [9.17, 15) is 4.79 Å². The number of hydrogen-bond acceptors (Lipinski definition) is 2. The normalized spacial score (nSPS) is 22.3. The summed E-state index contributed by atoms with van der Waals surface area (Å²) in [5, 5.41) is 2.92. The van der Waals surface area contributed by atoms with E-state index in [1.165, 1.54) is 5.56 Å². The first kappa shape index (κ1) is 15.0. The molecular weight excluding hydrogens is 248 g/mol. The summed E-state index contributed by atoms with van der Waals surface area (Å²) < 4.78 is 0. The minimum atomic E-state index is 0. The van der Waals surface area contributed by atoms with Gasteiger partial charge < -0.3 is 11.1 Å². The number of aryl methyl sites for hydroxylation is 1. The molecule has 2 atom stereocenters. The molecule has 0 aromatic heterocycles. The number of anilines is 1. The molecule has 4 heteroatoms. The minimum Gasteiger partial charge on any atom is -0.327 e. The van der Waals surface area contributed by atoms with Crippen LogP contribution in [0, 0.1) is 12.8 Å². The summed E-state index contributed by atoms with van der Waals surface area (Å²) in [6.45, 7) is 2.03. The number of nitrogens with one attached hydrogen (secondary N) is 1. The molecule has 0 radical (unpaired) electrons. The highest BCUT2D eigenvalue weighted by Crippen LogP contribution is 2.27. The van der Waals surface area contributed by atoms with Crippen LogP contribution in [-0.4, -0.2) is 11.9 Å². The van der Waals surface area contributed by atoms with E-state index in [2.05, 4.69) is 5.32 Å². The molecule has 0 saturated heterocycles. The van der Waals surface area contributed by atoms with Gasteiger partial charge >= 0.3 is 0 Å². The first-order chi connectivity index (χ1) is 8.15. The molecule has 1 saturated carbocycles. The fraction of sp³-hybridized carbons (Fsp3) is 0.500. The molecule has 1 fully saturated rings. The Morgan fingerprint density at radius 2 is 2.00 bits per heavy atom. The third-order valence-corrected chi connectivity index (χ3v) is 3.50. The topological polar surface area (TPSA) is 55.1 Å². The number of benzene rings is 1. The average molecular weight is 269 g/mol. The van der Waals surface area contributed by atoms with Gasteiger partial charge in [-0.2, -0.15) is 0 Å². The Hall–Kier alpha value is -1.06. The molecule has 100 valence electrons. The summed E-state index contributed by atoms with van der Waals surface area (Å²) in [6.07, 6.45) is 3.85. The first-order valence-electron chi connectivity index (χ1n) is 6.27. The summed E-state index contributed by atoms with van der Waals surface area (Å²) in [6, 6.07) is 8.07. The van der Waals surface area contributed by atoms with Crippen LogP contribution in [0.15, 0.2) is 24.3 Å². The quantitative estimate of drug-likeness (QED) is 0.886. The van der Waals surface area contributed by atoms with E-state index >= 15 is 0 Å². The fourth-order valence-corrected chi connectivity index (χ4v) is 2.41. The molecule has 18 heavy (non-hydrogen) atoms. The lowest BCUT2D eigenvalue weighted by atomic mass is 10.00. The van der Waals surface area contributed by atoms with Crippen LogP contribution in [0.25, 0.3) is 0 Å². The van der Waals surface area contributed by atoms with Crippen LogP contribution in [-0.2, 0) is 4.79 Å². The van der Waals surface area contributed by atoms with E-state index in [0.717, 1.165) is 24.9 Å². The minimum absolute atomic E-state index is 0. The maximum Gasteiger partial charge on any atom is 0.224 e. The van der Waals surface area contributed by atoms with Crippen molar-refractivity contribution in [3.63, 3.8) is 0 Å². The van der Waals surface area contributed by atoms with Gasteiger partial charge in [-0.05, 0) is 37.8 Å². The largest absolute Gasteiger partial charge is 0.327 e. The fourth-order valence-electron chi connectivity index (χ4n) is 2.41. The number of amides is 1. The van der Waals surface area contributed by atoms with Crippen LogP contribution in [0.2, 0.25) is 0 Å². The first-order valence-corrected chi connectivity index (χ1v) is 6.27. The highest BCUT2D eigenvalue weighted by molar-refractivity contribution is 5.90. The smallest absolute Gasteiger partial charge is 0.224 e. The molecule has 1 aromatic carbocycles. The van der Waals surface area contributed by atoms with Crippen molar-refractivity contribution in [2.75, 3.05) is 5.32 Å². The van der Waals surface area contributed by atoms with Gasteiger partial charge in [-0.1, -0.05) is 24.1 Å². The number of nitrogens with two attached hydrogens (primary N) is 1. The number of halogens is 1. The molecule has 0 aliphatic heterocycles. The molecule has 1 aliphatic rings. The average Bonchev–Trinajstić information content (AvgIpc) is 2.68. The molecule has 3 N–H and O–H groups in total. The Kier molecular flexibility index (Phi) is 5.63. The summed E-state index contributed by atoms with van der Waals surface area (Å²) in [7, 11) is 0. The monoisotopic (exact) mass is 268 g/mol. The van der Waals surface area contributed by atoms with Crippen molar-refractivity contribution in [2.24, 2.45) is 11.7 Å². The van der Waals surface area contributed by atoms with E-state index < -0.39 is 0 Å². The van der Waals surface area contributed by atoms with Crippen LogP contribution < -0.4 is 11.1 Å². The van der Waals surface area contributed by atoms with E-state index in [1.807, 2.05) is 31.2 Å². The Morgan fingerprint density at radius 1 is 1.33 bits per heavy atom. The van der Waals surface area contributed by atoms with E-state index in [-0.39, 0.29) is 24.4 Å². The number of hydrogen-bond donors (Lipinski definition) is 2. The van der Waals surface area contributed by atoms with Crippen LogP contribution in [0.1, 0.15) is 31.2 Å². The lowest BCUT2D eigenvalue weighted by molar-refractivity contribution is -0.117. The lowest BCUT2D eigenvalue weighted by Crippen LogP contribution is -2.28. The van der Waals surface area contributed by atoms with Gasteiger partial charge in [-0.25, -0.2) is 0 Å². The van der Waals surface area contributed by atoms with Crippen LogP contribution in [0.3, 0.4) is 0 Å². The molecule has 0 unspecified atom stereocenters. The van der Waals surface area contributed by atoms with Crippen molar-refractivity contribution in [2.45, 2.75) is 38.6 Å². The van der Waals surface area contributed by atoms with Gasteiger partial charge in [0.1, 0.15) is 0 Å². The van der Waals surface area contributed by atoms with Crippen molar-refractivity contribution in [3.05, 3.63) is 29.8 Å². The van der Waals surface area contributed by atoms with Gasteiger partial charge in [-0.3, -0.25) is 4.79 Å². The standard InChI is InChI=1S/C14H20N2O.ClH/c1-10-5-7-12(8-6-10)16-14(17)9-11-3-2-4-13(11)15;/h5-8,11,13H,2-4,9,15H2,1H3,(H,16,17);1H/t11-,13+;/m0./s1. The van der Waals surface area contributed by atoms with Crippen molar-refractivity contribution >= 4 is 24.0 Å². The predicted molar refractivity (Wildman–Crippen MR) is 77.0 cm³/mol. The molecule has 1 amide bonds. The van der Waals surface area contributed by atoms with Crippen molar-refractivity contribution < 1.29 is 4.79 Å². The number of rotatable bonds is 3. The summed E-state index contributed by atoms with van der Waals surface area (Å²) >= 11 is 0. The van der Waals surface area contributed by atoms with E-state index in [0.29, 0.717) is 12.3 Å². The Balaban J connectivity index is 0.00000162. The molecule has 3 nitrogen and oxygen atoms in total. The second-order valence-electron chi connectivity index (χ2n) is 4.97. The number of carbonyl (C=O) groups excluding carboxylic acids is 1. The second-order valence-corrected chi connectivity index (χ2v) is 4.97. The maximum absolute atomic E-state index is 11.8. The molecule has 0 bridgehead atoms. The van der Waals surface area contributed by atoms with E-state index in [4.69, 9.17) is 5.73 Å². The van der Waals surface area contributed by atoms with Gasteiger partial charge in [-0.15, -0.1) is 12.4 Å². The molecule has 1 aliphatic carbocycles. The second kappa shape index (κ2) is 6.76. The summed E-state index contributed by atoms with van der Waals surface area (Å²) in [5.41, 5.74) is 8.02. The summed E-state index contributed by atoms with van der Waals surface area (Å²) in [5.74, 6) is 0.441. The van der Waals surface area contributed by atoms with Gasteiger partial charge in [0, 0.05) is 18.2 Å². The van der Waals surface area contributed by atoms with Gasteiger partial charge in [0.15, 0.2) is 0 Å². The third-order valence-electron chi connectivity index (χ3n) is 3.50. The van der Waals surface area contributed by atoms with Crippen LogP contribution >= 0.6 is 12.4 Å². The molecular formula is C14H21ClN2O. The SMILES string of the molecule is Cc1ccc(NC(=O)C[C@@H]2CCC[C@H]2N)cc1.Cl. The Bertz CT molecular complexity index is 391. The van der Waals surface area contributed by atoms with Gasteiger partial charge in [0.25, 0.3) is 0 Å². The van der Waals surface area contributed by atoms with Crippen LogP contribution in [0.5, 0.6) is 0 Å². The third kappa shape index (κ3) is 4.00. The predicted octanol–water partition coefficient (Wildman–Crippen LogP) is 2.87. The lowest BCUT2D eigenvalue weighted by Gasteiger charge is -2.14. The highest BCUT2D eigenvalue weighted by atomic mass is 35.5. The zero-order valence-corrected chi connectivity index (χ0v) is 11.5. The zero-order chi connectivity index (χ0) is 12.3. The highest BCUT2D eigenvalue weighted by Gasteiger charge is 2.25. The zero-order valence-electron chi connectivity index (χ0n) is 10.7. The molecule has 2 rings (SSSR count). The van der Waals surface area contributed by atoms with Gasteiger partial charge in [0.2, 0.25) is 5.91 Å². The van der Waals surface area contributed by atoms with Crippen LogP contribution in [0.4, 0.5) is 5.69 Å². The van der Waals surface area contributed by atoms with Gasteiger partial charge in [0.05, 0.1) is 0 Å². The van der Waals surface area contributed by atoms with Crippen molar-refractivity contribution in [1.82, 2.24) is 0 Å². The van der Waals surface area contributed by atoms with Crippen molar-refractivity contribution in [1.29, 1.82) is 0 Å². The molecule has 0 heterocycles. The molecule has 0 spiro atoms.